The monoisotopic (exact) mass is 213 g/mol. The van der Waals surface area contributed by atoms with Crippen molar-refractivity contribution in [2.75, 3.05) is 20.1 Å². The molecule has 0 spiro atoms. The molecule has 0 aliphatic heterocycles. The van der Waals surface area contributed by atoms with E-state index in [0.29, 0.717) is 25.0 Å². The zero-order chi connectivity index (χ0) is 11.4. The van der Waals surface area contributed by atoms with Crippen molar-refractivity contribution in [1.82, 2.24) is 4.90 Å². The van der Waals surface area contributed by atoms with Crippen LogP contribution in [0.15, 0.2) is 0 Å². The highest BCUT2D eigenvalue weighted by atomic mass is 16.1. The quantitative estimate of drug-likeness (QED) is 0.699. The van der Waals surface area contributed by atoms with Crippen LogP contribution in [0.25, 0.3) is 0 Å². The molecule has 4 N–H and O–H groups in total. The molecule has 3 atom stereocenters. The van der Waals surface area contributed by atoms with Gasteiger partial charge in [0.15, 0.2) is 0 Å². The Morgan fingerprint density at radius 1 is 1.47 bits per heavy atom. The van der Waals surface area contributed by atoms with E-state index < -0.39 is 0 Å². The second-order valence-electron chi connectivity index (χ2n) is 4.86. The highest BCUT2D eigenvalue weighted by Gasteiger charge is 2.30. The molecule has 88 valence electrons. The minimum Gasteiger partial charge on any atom is -0.369 e. The van der Waals surface area contributed by atoms with Gasteiger partial charge >= 0.3 is 0 Å². The Bertz CT molecular complexity index is 220. The smallest absolute Gasteiger partial charge is 0.231 e. The van der Waals surface area contributed by atoms with E-state index in [9.17, 15) is 4.79 Å². The van der Waals surface area contributed by atoms with Gasteiger partial charge in [-0.3, -0.25) is 9.69 Å². The Kier molecular flexibility index (Phi) is 4.54. The average Bonchev–Trinajstić information content (AvgIpc) is 2.16. The second kappa shape index (κ2) is 5.47. The molecule has 1 aliphatic carbocycles. The lowest BCUT2D eigenvalue weighted by Crippen LogP contribution is -2.47. The van der Waals surface area contributed by atoms with Crippen molar-refractivity contribution in [2.45, 2.75) is 32.2 Å². The first kappa shape index (κ1) is 12.5. The van der Waals surface area contributed by atoms with Crippen LogP contribution in [0.5, 0.6) is 0 Å². The van der Waals surface area contributed by atoms with Gasteiger partial charge in [0.25, 0.3) is 0 Å². The summed E-state index contributed by atoms with van der Waals surface area (Å²) in [6, 6.07) is 0.422. The van der Waals surface area contributed by atoms with Crippen molar-refractivity contribution in [3.63, 3.8) is 0 Å². The van der Waals surface area contributed by atoms with Gasteiger partial charge in [-0.15, -0.1) is 0 Å². The Balaban J connectivity index is 2.57. The van der Waals surface area contributed by atoms with E-state index in [-0.39, 0.29) is 5.91 Å². The largest absolute Gasteiger partial charge is 0.369 e. The van der Waals surface area contributed by atoms with Crippen LogP contribution >= 0.6 is 0 Å². The first-order chi connectivity index (χ1) is 7.04. The summed E-state index contributed by atoms with van der Waals surface area (Å²) < 4.78 is 0. The number of nitrogens with two attached hydrogens (primary N) is 2. The maximum Gasteiger partial charge on any atom is 0.231 e. The molecule has 0 aromatic rings. The lowest BCUT2D eigenvalue weighted by molar-refractivity contribution is -0.119. The van der Waals surface area contributed by atoms with Crippen LogP contribution in [-0.4, -0.2) is 37.0 Å². The predicted octanol–water partition coefficient (Wildman–Crippen LogP) is 0.167. The zero-order valence-electron chi connectivity index (χ0n) is 9.78. The molecule has 0 heterocycles. The molecule has 1 saturated carbocycles. The van der Waals surface area contributed by atoms with Gasteiger partial charge in [-0.1, -0.05) is 13.3 Å². The van der Waals surface area contributed by atoms with Crippen LogP contribution in [0, 0.1) is 11.8 Å². The Labute approximate surface area is 92.0 Å². The number of amides is 1. The Morgan fingerprint density at radius 2 is 2.13 bits per heavy atom. The standard InChI is InChI=1S/C11H23N3O/c1-8-3-4-9(6-12)10(5-8)14(2)7-11(13)15/h8-10H,3-7,12H2,1-2H3,(H2,13,15). The first-order valence-corrected chi connectivity index (χ1v) is 5.73. The molecule has 0 aromatic carbocycles. The van der Waals surface area contributed by atoms with Gasteiger partial charge < -0.3 is 11.5 Å². The van der Waals surface area contributed by atoms with E-state index in [1.807, 2.05) is 7.05 Å². The van der Waals surface area contributed by atoms with Crippen LogP contribution in [-0.2, 0) is 4.79 Å². The summed E-state index contributed by atoms with van der Waals surface area (Å²) in [7, 11) is 1.97. The van der Waals surface area contributed by atoms with Crippen molar-refractivity contribution in [3.05, 3.63) is 0 Å². The summed E-state index contributed by atoms with van der Waals surface area (Å²) in [6.45, 7) is 3.31. The molecule has 0 radical (unpaired) electrons. The SMILES string of the molecule is CC1CCC(CN)C(N(C)CC(N)=O)C1. The number of carbonyl (C=O) groups is 1. The summed E-state index contributed by atoms with van der Waals surface area (Å²) in [6.07, 6.45) is 3.56. The zero-order valence-corrected chi connectivity index (χ0v) is 9.78. The molecule has 4 heteroatoms. The molecule has 1 rings (SSSR count). The van der Waals surface area contributed by atoms with Crippen LogP contribution < -0.4 is 11.5 Å². The first-order valence-electron chi connectivity index (χ1n) is 5.73. The summed E-state index contributed by atoms with van der Waals surface area (Å²) in [5, 5.41) is 0. The van der Waals surface area contributed by atoms with Crippen LogP contribution in [0.3, 0.4) is 0 Å². The number of nitrogens with zero attached hydrogens (tertiary/aromatic N) is 1. The highest BCUT2D eigenvalue weighted by molar-refractivity contribution is 5.75. The summed E-state index contributed by atoms with van der Waals surface area (Å²) in [5.41, 5.74) is 11.0. The van der Waals surface area contributed by atoms with E-state index in [0.717, 1.165) is 12.3 Å². The third-order valence-electron chi connectivity index (χ3n) is 3.49. The second-order valence-corrected chi connectivity index (χ2v) is 4.86. The number of carbonyl (C=O) groups excluding carboxylic acids is 1. The molecule has 3 unspecified atom stereocenters. The van der Waals surface area contributed by atoms with Crippen molar-refractivity contribution >= 4 is 5.91 Å². The predicted molar refractivity (Wildman–Crippen MR) is 61.2 cm³/mol. The molecule has 15 heavy (non-hydrogen) atoms. The van der Waals surface area contributed by atoms with E-state index in [2.05, 4.69) is 11.8 Å². The minimum absolute atomic E-state index is 0.258. The van der Waals surface area contributed by atoms with Gasteiger partial charge in [0.05, 0.1) is 6.54 Å². The van der Waals surface area contributed by atoms with Crippen molar-refractivity contribution in [1.29, 1.82) is 0 Å². The summed E-state index contributed by atoms with van der Waals surface area (Å²) >= 11 is 0. The number of hydrogen-bond donors (Lipinski definition) is 2. The molecule has 1 fully saturated rings. The van der Waals surface area contributed by atoms with Crippen LogP contribution in [0.4, 0.5) is 0 Å². The van der Waals surface area contributed by atoms with Gasteiger partial charge in [0.2, 0.25) is 5.91 Å². The maximum atomic E-state index is 10.9. The third-order valence-corrected chi connectivity index (χ3v) is 3.49. The molecule has 4 nitrogen and oxygen atoms in total. The fraction of sp³-hybridized carbons (Fsp3) is 0.909. The fourth-order valence-electron chi connectivity index (χ4n) is 2.59. The maximum absolute atomic E-state index is 10.9. The molecule has 1 amide bonds. The van der Waals surface area contributed by atoms with Crippen molar-refractivity contribution in [2.24, 2.45) is 23.3 Å². The number of rotatable bonds is 4. The van der Waals surface area contributed by atoms with Gasteiger partial charge in [0.1, 0.15) is 0 Å². The number of likely N-dealkylation sites (N-methyl/N-ethyl adjacent to an activating group) is 1. The van der Waals surface area contributed by atoms with Gasteiger partial charge in [0, 0.05) is 6.04 Å². The van der Waals surface area contributed by atoms with Gasteiger partial charge in [-0.05, 0) is 38.3 Å². The number of primary amides is 1. The molecule has 0 aromatic heterocycles. The summed E-state index contributed by atoms with van der Waals surface area (Å²) in [5.74, 6) is 0.991. The molecule has 0 bridgehead atoms. The normalized spacial score (nSPS) is 31.9. The van der Waals surface area contributed by atoms with Crippen LogP contribution in [0.1, 0.15) is 26.2 Å². The molecular formula is C11H23N3O. The van der Waals surface area contributed by atoms with Crippen LogP contribution in [0.2, 0.25) is 0 Å². The third kappa shape index (κ3) is 3.47. The minimum atomic E-state index is -0.258. The summed E-state index contributed by atoms with van der Waals surface area (Å²) in [4.78, 5) is 12.9. The highest BCUT2D eigenvalue weighted by Crippen LogP contribution is 2.30. The van der Waals surface area contributed by atoms with Crippen molar-refractivity contribution in [3.8, 4) is 0 Å². The van der Waals surface area contributed by atoms with Gasteiger partial charge in [-0.2, -0.15) is 0 Å². The van der Waals surface area contributed by atoms with Gasteiger partial charge in [-0.25, -0.2) is 0 Å². The van der Waals surface area contributed by atoms with E-state index in [4.69, 9.17) is 11.5 Å². The average molecular weight is 213 g/mol. The van der Waals surface area contributed by atoms with E-state index in [1.54, 1.807) is 0 Å². The fourth-order valence-corrected chi connectivity index (χ4v) is 2.59. The lowest BCUT2D eigenvalue weighted by atomic mass is 9.78. The lowest BCUT2D eigenvalue weighted by Gasteiger charge is -2.39. The molecule has 0 saturated heterocycles. The van der Waals surface area contributed by atoms with E-state index >= 15 is 0 Å². The molecular weight excluding hydrogens is 190 g/mol. The number of hydrogen-bond acceptors (Lipinski definition) is 3. The van der Waals surface area contributed by atoms with Crippen molar-refractivity contribution < 1.29 is 4.79 Å². The Morgan fingerprint density at radius 3 is 2.67 bits per heavy atom. The topological polar surface area (TPSA) is 72.3 Å². The Hall–Kier alpha value is -0.610. The van der Waals surface area contributed by atoms with E-state index in [1.165, 1.54) is 12.8 Å². The molecule has 1 aliphatic rings.